The van der Waals surface area contributed by atoms with E-state index in [1.165, 1.54) is 23.0 Å². The molecule has 1 aliphatic rings. The van der Waals surface area contributed by atoms with Crippen molar-refractivity contribution in [3.8, 4) is 0 Å². The second-order valence-electron chi connectivity index (χ2n) is 6.26. The van der Waals surface area contributed by atoms with Crippen molar-refractivity contribution in [3.63, 3.8) is 0 Å². The van der Waals surface area contributed by atoms with E-state index in [1.807, 2.05) is 12.1 Å². The van der Waals surface area contributed by atoms with Crippen molar-refractivity contribution in [3.05, 3.63) is 53.9 Å². The molecule has 26 heavy (non-hydrogen) atoms. The molecular weight excluding hydrogens is 337 g/mol. The summed E-state index contributed by atoms with van der Waals surface area (Å²) in [5.41, 5.74) is 1.22. The molecule has 0 bridgehead atoms. The average molecular weight is 355 g/mol. The number of carbonyl (C=O) groups is 1. The minimum Gasteiger partial charge on any atom is -0.380 e. The molecule has 1 fully saturated rings. The molecule has 1 saturated heterocycles. The normalized spacial score (nSPS) is 17.2. The number of pyridine rings is 1. The summed E-state index contributed by atoms with van der Waals surface area (Å²) in [5.74, 6) is 0.0219. The van der Waals surface area contributed by atoms with Gasteiger partial charge in [0.1, 0.15) is 17.3 Å². The predicted octanol–water partition coefficient (Wildman–Crippen LogP) is 1.91. The van der Waals surface area contributed by atoms with Crippen LogP contribution in [0.4, 0.5) is 10.2 Å². The van der Waals surface area contributed by atoms with Crippen molar-refractivity contribution >= 4 is 17.2 Å². The molecule has 0 unspecified atom stereocenters. The summed E-state index contributed by atoms with van der Waals surface area (Å²) in [6.07, 6.45) is 5.11. The average Bonchev–Trinajstić information content (AvgIpc) is 3.29. The van der Waals surface area contributed by atoms with Gasteiger partial charge in [-0.2, -0.15) is 0 Å². The zero-order valence-electron chi connectivity index (χ0n) is 14.3. The molecule has 0 aliphatic carbocycles. The third-order valence-corrected chi connectivity index (χ3v) is 4.64. The third-order valence-electron chi connectivity index (χ3n) is 4.64. The zero-order chi connectivity index (χ0) is 18.1. The van der Waals surface area contributed by atoms with E-state index in [1.54, 1.807) is 7.11 Å². The summed E-state index contributed by atoms with van der Waals surface area (Å²) >= 11 is 0. The lowest BCUT2D eigenvalue weighted by atomic mass is 10.1. The number of methoxy groups -OCH3 is 1. The molecule has 0 saturated carbocycles. The van der Waals surface area contributed by atoms with Gasteiger partial charge in [-0.05, 0) is 30.2 Å². The number of carbonyl (C=O) groups excluding carboxylic acids is 1. The van der Waals surface area contributed by atoms with Crippen LogP contribution in [0.15, 0.2) is 36.8 Å². The number of imidazole rings is 1. The number of ketones is 1. The first-order chi connectivity index (χ1) is 12.7. The number of ether oxygens (including phenoxy) is 1. The highest BCUT2D eigenvalue weighted by molar-refractivity contribution is 5.96. The molecule has 1 aliphatic heterocycles. The van der Waals surface area contributed by atoms with Crippen molar-refractivity contribution in [1.82, 2.24) is 19.6 Å². The number of Topliss-reactive ketones (excluding diaryl/α,β-unsaturated/α-hetero) is 1. The van der Waals surface area contributed by atoms with Gasteiger partial charge in [-0.1, -0.05) is 0 Å². The molecule has 3 aromatic heterocycles. The maximum absolute atomic E-state index is 13.8. The minimum absolute atomic E-state index is 0.0660. The number of nitrogens with zero attached hydrogens (tertiary/aromatic N) is 5. The van der Waals surface area contributed by atoms with Crippen LogP contribution in [-0.4, -0.2) is 51.7 Å². The SMILES string of the molecule is CO[C@H]1CCN(c2ccc3ncc(C(=O)Cc4ccncc4F)n3n2)C1. The molecular formula is C18H18FN5O2. The van der Waals surface area contributed by atoms with Gasteiger partial charge in [0.15, 0.2) is 11.4 Å². The van der Waals surface area contributed by atoms with Crippen LogP contribution in [0.3, 0.4) is 0 Å². The van der Waals surface area contributed by atoms with Gasteiger partial charge in [-0.3, -0.25) is 9.78 Å². The Hall–Kier alpha value is -2.87. The Morgan fingerprint density at radius 2 is 2.23 bits per heavy atom. The molecule has 0 N–H and O–H groups in total. The highest BCUT2D eigenvalue weighted by Crippen LogP contribution is 2.21. The van der Waals surface area contributed by atoms with Crippen LogP contribution in [0.5, 0.6) is 0 Å². The second kappa shape index (κ2) is 6.80. The van der Waals surface area contributed by atoms with Crippen LogP contribution in [0.1, 0.15) is 22.5 Å². The number of hydrogen-bond donors (Lipinski definition) is 0. The van der Waals surface area contributed by atoms with Crippen LogP contribution < -0.4 is 4.90 Å². The van der Waals surface area contributed by atoms with E-state index in [9.17, 15) is 9.18 Å². The number of halogens is 1. The molecule has 8 heteroatoms. The summed E-state index contributed by atoms with van der Waals surface area (Å²) in [6, 6.07) is 5.22. The van der Waals surface area contributed by atoms with E-state index in [0.29, 0.717) is 16.9 Å². The van der Waals surface area contributed by atoms with E-state index in [2.05, 4.69) is 20.0 Å². The van der Waals surface area contributed by atoms with Gasteiger partial charge in [0.2, 0.25) is 0 Å². The Balaban J connectivity index is 1.62. The smallest absolute Gasteiger partial charge is 0.187 e. The van der Waals surface area contributed by atoms with Gasteiger partial charge in [0.25, 0.3) is 0 Å². The fourth-order valence-corrected chi connectivity index (χ4v) is 3.16. The number of rotatable bonds is 5. The molecule has 4 rings (SSSR count). The number of anilines is 1. The molecule has 1 atom stereocenters. The number of fused-ring (bicyclic) bond motifs is 1. The first-order valence-electron chi connectivity index (χ1n) is 8.40. The fraction of sp³-hybridized carbons (Fsp3) is 0.333. The molecule has 4 heterocycles. The van der Waals surface area contributed by atoms with Gasteiger partial charge < -0.3 is 9.64 Å². The lowest BCUT2D eigenvalue weighted by Crippen LogP contribution is -2.24. The maximum Gasteiger partial charge on any atom is 0.187 e. The Morgan fingerprint density at radius 1 is 1.35 bits per heavy atom. The van der Waals surface area contributed by atoms with E-state index in [0.717, 1.165) is 31.5 Å². The molecule has 134 valence electrons. The van der Waals surface area contributed by atoms with E-state index in [-0.39, 0.29) is 18.3 Å². The Morgan fingerprint density at radius 3 is 3.00 bits per heavy atom. The first kappa shape index (κ1) is 16.6. The van der Waals surface area contributed by atoms with Gasteiger partial charge in [-0.15, -0.1) is 5.10 Å². The summed E-state index contributed by atoms with van der Waals surface area (Å²) in [7, 11) is 1.70. The molecule has 0 amide bonds. The quantitative estimate of drug-likeness (QED) is 0.651. The first-order valence-corrected chi connectivity index (χ1v) is 8.40. The number of aromatic nitrogens is 4. The highest BCUT2D eigenvalue weighted by Gasteiger charge is 2.24. The van der Waals surface area contributed by atoms with Gasteiger partial charge in [-0.25, -0.2) is 13.9 Å². The third kappa shape index (κ3) is 3.03. The Bertz CT molecular complexity index is 958. The molecule has 3 aromatic rings. The van der Waals surface area contributed by atoms with Crippen molar-refractivity contribution < 1.29 is 13.9 Å². The Labute approximate surface area is 149 Å². The summed E-state index contributed by atoms with van der Waals surface area (Å²) < 4.78 is 20.7. The standard InChI is InChI=1S/C18H18FN5O2/c1-26-13-5-7-23(11-13)18-3-2-17-21-10-15(24(17)22-18)16(25)8-12-4-6-20-9-14(12)19/h2-4,6,9-10,13H,5,7-8,11H2,1H3/t13-/m0/s1. The molecule has 7 nitrogen and oxygen atoms in total. The van der Waals surface area contributed by atoms with Crippen LogP contribution in [0.25, 0.3) is 5.65 Å². The highest BCUT2D eigenvalue weighted by atomic mass is 19.1. The monoisotopic (exact) mass is 355 g/mol. The van der Waals surface area contributed by atoms with E-state index >= 15 is 0 Å². The van der Waals surface area contributed by atoms with Gasteiger partial charge >= 0.3 is 0 Å². The summed E-state index contributed by atoms with van der Waals surface area (Å²) in [6.45, 7) is 1.60. The van der Waals surface area contributed by atoms with Crippen LogP contribution >= 0.6 is 0 Å². The van der Waals surface area contributed by atoms with Crippen LogP contribution in [0, 0.1) is 5.82 Å². The molecule has 0 spiro atoms. The zero-order valence-corrected chi connectivity index (χ0v) is 14.3. The largest absolute Gasteiger partial charge is 0.380 e. The van der Waals surface area contributed by atoms with E-state index < -0.39 is 5.82 Å². The van der Waals surface area contributed by atoms with E-state index in [4.69, 9.17) is 4.74 Å². The topological polar surface area (TPSA) is 72.6 Å². The summed E-state index contributed by atoms with van der Waals surface area (Å²) in [5, 5.41) is 4.57. The second-order valence-corrected chi connectivity index (χ2v) is 6.26. The Kier molecular flexibility index (Phi) is 4.34. The minimum atomic E-state index is -0.494. The van der Waals surface area contributed by atoms with Crippen molar-refractivity contribution in [2.24, 2.45) is 0 Å². The molecule has 0 radical (unpaired) electrons. The fourth-order valence-electron chi connectivity index (χ4n) is 3.16. The maximum atomic E-state index is 13.8. The summed E-state index contributed by atoms with van der Waals surface area (Å²) in [4.78, 5) is 22.7. The van der Waals surface area contributed by atoms with Gasteiger partial charge in [0.05, 0.1) is 18.5 Å². The van der Waals surface area contributed by atoms with Crippen LogP contribution in [0.2, 0.25) is 0 Å². The van der Waals surface area contributed by atoms with Crippen molar-refractivity contribution in [2.75, 3.05) is 25.1 Å². The lowest BCUT2D eigenvalue weighted by Gasteiger charge is -2.17. The molecule has 0 aromatic carbocycles. The van der Waals surface area contributed by atoms with Crippen molar-refractivity contribution in [2.45, 2.75) is 18.9 Å². The number of hydrogen-bond acceptors (Lipinski definition) is 6. The lowest BCUT2D eigenvalue weighted by molar-refractivity contribution is 0.0985. The van der Waals surface area contributed by atoms with Gasteiger partial charge in [0, 0.05) is 32.8 Å². The van der Waals surface area contributed by atoms with Crippen molar-refractivity contribution in [1.29, 1.82) is 0 Å². The van der Waals surface area contributed by atoms with Crippen LogP contribution in [-0.2, 0) is 11.2 Å². The predicted molar refractivity (Wildman–Crippen MR) is 92.8 cm³/mol.